The Morgan fingerprint density at radius 3 is 2.52 bits per heavy atom. The first-order valence-electron chi connectivity index (χ1n) is 8.14. The van der Waals surface area contributed by atoms with Gasteiger partial charge in [-0.3, -0.25) is 4.79 Å². The third-order valence-electron chi connectivity index (χ3n) is 4.36. The van der Waals surface area contributed by atoms with E-state index in [1.807, 2.05) is 0 Å². The maximum Gasteiger partial charge on any atom is 0.243 e. The summed E-state index contributed by atoms with van der Waals surface area (Å²) >= 11 is 6.59. The first-order valence-corrected chi connectivity index (χ1v) is 9.72. The molecule has 3 rings (SSSR count). The van der Waals surface area contributed by atoms with Crippen molar-refractivity contribution in [1.29, 1.82) is 0 Å². The number of amides is 1. The van der Waals surface area contributed by atoms with E-state index in [-0.39, 0.29) is 23.2 Å². The number of furan rings is 1. The number of halogens is 2. The van der Waals surface area contributed by atoms with Crippen LogP contribution in [0.5, 0.6) is 0 Å². The molecule has 1 aromatic heterocycles. The van der Waals surface area contributed by atoms with Crippen LogP contribution in [0.3, 0.4) is 0 Å². The van der Waals surface area contributed by atoms with Gasteiger partial charge >= 0.3 is 0 Å². The Morgan fingerprint density at radius 2 is 1.96 bits per heavy atom. The lowest BCUT2D eigenvalue weighted by Crippen LogP contribution is -2.20. The minimum Gasteiger partial charge on any atom is -0.447 e. The number of hydrogen-bond acceptors (Lipinski definition) is 3. The van der Waals surface area contributed by atoms with Gasteiger partial charge in [0, 0.05) is 12.0 Å². The van der Waals surface area contributed by atoms with E-state index in [0.717, 1.165) is 10.9 Å². The molecule has 132 valence electrons. The molecule has 2 atom stereocenters. The molecule has 0 radical (unpaired) electrons. The number of rotatable bonds is 4. The van der Waals surface area contributed by atoms with Gasteiger partial charge in [0.2, 0.25) is 5.91 Å². The maximum absolute atomic E-state index is 12.2. The van der Waals surface area contributed by atoms with Gasteiger partial charge in [0.05, 0.1) is 10.7 Å². The lowest BCUT2D eigenvalue weighted by Gasteiger charge is -2.19. The monoisotopic (exact) mass is 466 g/mol. The van der Waals surface area contributed by atoms with Crippen LogP contribution in [-0.4, -0.2) is 12.1 Å². The quantitative estimate of drug-likeness (QED) is 0.486. The van der Waals surface area contributed by atoms with Crippen molar-refractivity contribution in [1.82, 2.24) is 5.43 Å². The van der Waals surface area contributed by atoms with E-state index in [0.29, 0.717) is 10.4 Å². The Morgan fingerprint density at radius 1 is 1.28 bits per heavy atom. The van der Waals surface area contributed by atoms with Crippen molar-refractivity contribution < 1.29 is 9.21 Å². The van der Waals surface area contributed by atoms with Crippen LogP contribution in [-0.2, 0) is 10.2 Å². The molecule has 1 N–H and O–H groups in total. The van der Waals surface area contributed by atoms with Gasteiger partial charge in [-0.15, -0.1) is 0 Å². The molecule has 1 aliphatic rings. The fraction of sp³-hybridized carbons (Fsp3) is 0.368. The van der Waals surface area contributed by atoms with Gasteiger partial charge in [-0.25, -0.2) is 5.43 Å². The molecule has 1 heterocycles. The molecule has 1 aromatic carbocycles. The molecule has 0 bridgehead atoms. The lowest BCUT2D eigenvalue weighted by molar-refractivity contribution is -0.122. The summed E-state index contributed by atoms with van der Waals surface area (Å²) in [5.74, 6) is 0.791. The van der Waals surface area contributed by atoms with E-state index in [4.69, 9.17) is 4.42 Å². The number of nitrogens with one attached hydrogen (secondary N) is 1. The molecule has 2 aromatic rings. The minimum absolute atomic E-state index is 0.00675. The van der Waals surface area contributed by atoms with Crippen molar-refractivity contribution in [2.75, 3.05) is 0 Å². The molecule has 0 spiro atoms. The molecular formula is C19H20Br2N2O2. The van der Waals surface area contributed by atoms with Gasteiger partial charge in [0.1, 0.15) is 5.76 Å². The zero-order valence-electron chi connectivity index (χ0n) is 14.3. The molecule has 0 aliphatic heterocycles. The normalized spacial score (nSPS) is 20.0. The highest BCUT2D eigenvalue weighted by Gasteiger charge is 2.44. The van der Waals surface area contributed by atoms with Crippen LogP contribution in [0.15, 0.2) is 49.0 Å². The molecule has 1 saturated carbocycles. The molecule has 1 amide bonds. The second-order valence-electron chi connectivity index (χ2n) is 7.33. The van der Waals surface area contributed by atoms with Crippen LogP contribution in [0, 0.1) is 5.92 Å². The van der Waals surface area contributed by atoms with Crippen molar-refractivity contribution in [2.45, 2.75) is 38.5 Å². The summed E-state index contributed by atoms with van der Waals surface area (Å²) in [6.07, 6.45) is 2.36. The van der Waals surface area contributed by atoms with Gasteiger partial charge in [-0.2, -0.15) is 5.10 Å². The van der Waals surface area contributed by atoms with E-state index in [1.54, 1.807) is 6.07 Å². The van der Waals surface area contributed by atoms with E-state index < -0.39 is 0 Å². The second kappa shape index (κ2) is 7.08. The maximum atomic E-state index is 12.2. The first kappa shape index (κ1) is 18.4. The van der Waals surface area contributed by atoms with Crippen LogP contribution in [0.25, 0.3) is 0 Å². The summed E-state index contributed by atoms with van der Waals surface area (Å²) < 4.78 is 6.78. The molecule has 6 heteroatoms. The van der Waals surface area contributed by atoms with Crippen LogP contribution in [0.2, 0.25) is 0 Å². The van der Waals surface area contributed by atoms with Gasteiger partial charge in [0.15, 0.2) is 4.67 Å². The van der Waals surface area contributed by atoms with Crippen molar-refractivity contribution in [3.05, 3.63) is 56.4 Å². The Hall–Kier alpha value is -1.40. The summed E-state index contributed by atoms with van der Waals surface area (Å²) in [4.78, 5) is 12.2. The van der Waals surface area contributed by atoms with Crippen LogP contribution >= 0.6 is 31.9 Å². The van der Waals surface area contributed by atoms with Crippen LogP contribution < -0.4 is 5.43 Å². The highest BCUT2D eigenvalue weighted by molar-refractivity contribution is 9.13. The third kappa shape index (κ3) is 4.42. The lowest BCUT2D eigenvalue weighted by atomic mass is 9.86. The first-order chi connectivity index (χ1) is 11.8. The second-order valence-corrected chi connectivity index (χ2v) is 8.90. The van der Waals surface area contributed by atoms with Crippen molar-refractivity contribution in [2.24, 2.45) is 11.0 Å². The number of benzene rings is 1. The predicted molar refractivity (Wildman–Crippen MR) is 106 cm³/mol. The summed E-state index contributed by atoms with van der Waals surface area (Å²) in [6, 6.07) is 10.4. The summed E-state index contributed by atoms with van der Waals surface area (Å²) in [5, 5.41) is 3.97. The Balaban J connectivity index is 1.55. The Labute approximate surface area is 164 Å². The Kier molecular flexibility index (Phi) is 5.21. The van der Waals surface area contributed by atoms with Crippen molar-refractivity contribution in [3.8, 4) is 0 Å². The molecule has 0 saturated heterocycles. The van der Waals surface area contributed by atoms with Crippen molar-refractivity contribution >= 4 is 44.0 Å². The fourth-order valence-corrected chi connectivity index (χ4v) is 3.36. The highest BCUT2D eigenvalue weighted by atomic mass is 79.9. The minimum atomic E-state index is -0.0502. The molecule has 25 heavy (non-hydrogen) atoms. The third-order valence-corrected chi connectivity index (χ3v) is 6.07. The summed E-state index contributed by atoms with van der Waals surface area (Å²) in [7, 11) is 0. The molecular weight excluding hydrogens is 448 g/mol. The van der Waals surface area contributed by atoms with E-state index in [1.165, 1.54) is 17.3 Å². The topological polar surface area (TPSA) is 54.6 Å². The zero-order chi connectivity index (χ0) is 18.2. The zero-order valence-corrected chi connectivity index (χ0v) is 17.5. The van der Waals surface area contributed by atoms with Gasteiger partial charge in [-0.1, -0.05) is 45.0 Å². The average molecular weight is 468 g/mol. The van der Waals surface area contributed by atoms with E-state index in [2.05, 4.69) is 87.4 Å². The predicted octanol–water partition coefficient (Wildman–Crippen LogP) is 5.36. The van der Waals surface area contributed by atoms with Gasteiger partial charge in [-0.05, 0) is 60.7 Å². The number of carbonyl (C=O) groups excluding carboxylic acids is 1. The van der Waals surface area contributed by atoms with Gasteiger partial charge < -0.3 is 4.42 Å². The number of carbonyl (C=O) groups is 1. The molecule has 0 unspecified atom stereocenters. The summed E-state index contributed by atoms with van der Waals surface area (Å²) in [6.45, 7) is 6.59. The fourth-order valence-electron chi connectivity index (χ4n) is 2.75. The standard InChI is InChI=1S/C19H20Br2N2O2/c1-19(2,3)12-6-4-11(5-7-12)14-9-15(14)18(24)23-22-10-13-8-16(20)17(21)25-13/h4-8,10,14-15H,9H2,1-3H3,(H,23,24)/b22-10+/t14-,15-/m0/s1. The van der Waals surface area contributed by atoms with Crippen LogP contribution in [0.1, 0.15) is 50.0 Å². The number of hydrazone groups is 1. The number of hydrogen-bond donors (Lipinski definition) is 1. The summed E-state index contributed by atoms with van der Waals surface area (Å²) in [5.41, 5.74) is 5.26. The van der Waals surface area contributed by atoms with Crippen LogP contribution in [0.4, 0.5) is 0 Å². The Bertz CT molecular complexity index is 784. The molecule has 4 nitrogen and oxygen atoms in total. The molecule has 1 aliphatic carbocycles. The SMILES string of the molecule is CC(C)(C)c1ccc([C@@H]2C[C@@H]2C(=O)N/N=C/c2cc(Br)c(Br)o2)cc1. The number of nitrogens with zero attached hydrogens (tertiary/aromatic N) is 1. The van der Waals surface area contributed by atoms with E-state index in [9.17, 15) is 4.79 Å². The largest absolute Gasteiger partial charge is 0.447 e. The average Bonchev–Trinajstić information content (AvgIpc) is 3.28. The van der Waals surface area contributed by atoms with E-state index >= 15 is 0 Å². The molecule has 1 fully saturated rings. The smallest absolute Gasteiger partial charge is 0.243 e. The van der Waals surface area contributed by atoms with Crippen molar-refractivity contribution in [3.63, 3.8) is 0 Å². The van der Waals surface area contributed by atoms with Gasteiger partial charge in [0.25, 0.3) is 0 Å². The highest BCUT2D eigenvalue weighted by Crippen LogP contribution is 2.47.